The number of likely N-dealkylation sites (tertiary alicyclic amines) is 1. The minimum Gasteiger partial charge on any atom is -0.352 e. The van der Waals surface area contributed by atoms with Gasteiger partial charge in [0.1, 0.15) is 5.82 Å². The Bertz CT molecular complexity index is 1590. The fraction of sp³-hybridized carbons (Fsp3) is 0.214. The number of anilines is 2. The highest BCUT2D eigenvalue weighted by atomic mass is 19.1. The number of fused-ring (bicyclic) bond motifs is 2. The third-order valence-corrected chi connectivity index (χ3v) is 7.11. The van der Waals surface area contributed by atoms with E-state index in [0.29, 0.717) is 41.7 Å². The van der Waals surface area contributed by atoms with Gasteiger partial charge in [0.25, 0.3) is 11.8 Å². The molecule has 37 heavy (non-hydrogen) atoms. The van der Waals surface area contributed by atoms with Crippen molar-refractivity contribution in [2.45, 2.75) is 12.5 Å². The number of aromatic nitrogens is 2. The first-order chi connectivity index (χ1) is 17.9. The van der Waals surface area contributed by atoms with Crippen LogP contribution in [0.2, 0.25) is 0 Å². The van der Waals surface area contributed by atoms with Gasteiger partial charge in [0.15, 0.2) is 5.65 Å². The van der Waals surface area contributed by atoms with Gasteiger partial charge in [0.2, 0.25) is 0 Å². The molecule has 1 unspecified atom stereocenters. The number of pyridine rings is 1. The van der Waals surface area contributed by atoms with Crippen molar-refractivity contribution in [1.29, 1.82) is 0 Å². The SMILES string of the molecule is CN(C)C1CCN(C(=O)c2ccc(Nc3ccc(-c4ccc5c(c4)C=NC5=O)n4ccnc34)cc2F)C1. The minimum atomic E-state index is -0.561. The zero-order valence-electron chi connectivity index (χ0n) is 20.5. The summed E-state index contributed by atoms with van der Waals surface area (Å²) in [6.45, 7) is 1.22. The van der Waals surface area contributed by atoms with Gasteiger partial charge in [-0.05, 0) is 68.5 Å². The van der Waals surface area contributed by atoms with Gasteiger partial charge < -0.3 is 15.1 Å². The van der Waals surface area contributed by atoms with Gasteiger partial charge in [-0.3, -0.25) is 14.0 Å². The largest absolute Gasteiger partial charge is 0.352 e. The molecule has 2 aliphatic rings. The predicted molar refractivity (Wildman–Crippen MR) is 140 cm³/mol. The second kappa shape index (κ2) is 8.94. The normalized spacial score (nSPS) is 16.7. The lowest BCUT2D eigenvalue weighted by atomic mass is 10.0. The first-order valence-electron chi connectivity index (χ1n) is 12.1. The van der Waals surface area contributed by atoms with Gasteiger partial charge in [-0.25, -0.2) is 14.4 Å². The number of aliphatic imine (C=N–C) groups is 1. The van der Waals surface area contributed by atoms with Gasteiger partial charge in [-0.2, -0.15) is 0 Å². The summed E-state index contributed by atoms with van der Waals surface area (Å²) >= 11 is 0. The van der Waals surface area contributed by atoms with Gasteiger partial charge >= 0.3 is 0 Å². The number of likely N-dealkylation sites (N-methyl/N-ethyl adjacent to an activating group) is 1. The summed E-state index contributed by atoms with van der Waals surface area (Å²) in [4.78, 5) is 36.9. The molecule has 1 N–H and O–H groups in total. The molecule has 4 aromatic rings. The van der Waals surface area contributed by atoms with E-state index in [4.69, 9.17) is 0 Å². The average molecular weight is 497 g/mol. The lowest BCUT2D eigenvalue weighted by molar-refractivity contribution is 0.0778. The van der Waals surface area contributed by atoms with Crippen molar-refractivity contribution >= 4 is 35.1 Å². The van der Waals surface area contributed by atoms with Crippen LogP contribution in [0.5, 0.6) is 0 Å². The second-order valence-corrected chi connectivity index (χ2v) is 9.60. The van der Waals surface area contributed by atoms with Crippen molar-refractivity contribution in [3.05, 3.63) is 83.4 Å². The van der Waals surface area contributed by atoms with Gasteiger partial charge in [0, 0.05) is 49.0 Å². The number of imidazole rings is 1. The molecule has 6 rings (SSSR count). The summed E-state index contributed by atoms with van der Waals surface area (Å²) in [5.74, 6) is -1.07. The monoisotopic (exact) mass is 496 g/mol. The third-order valence-electron chi connectivity index (χ3n) is 7.11. The molecule has 1 saturated heterocycles. The van der Waals surface area contributed by atoms with Crippen LogP contribution in [0.25, 0.3) is 16.9 Å². The Kier molecular flexibility index (Phi) is 5.57. The van der Waals surface area contributed by atoms with Crippen LogP contribution in [-0.2, 0) is 0 Å². The number of halogens is 1. The smallest absolute Gasteiger partial charge is 0.277 e. The lowest BCUT2D eigenvalue weighted by Gasteiger charge is -2.20. The molecule has 2 aromatic heterocycles. The molecule has 2 aliphatic heterocycles. The van der Waals surface area contributed by atoms with Crippen LogP contribution in [0, 0.1) is 5.82 Å². The number of rotatable bonds is 5. The molecule has 9 heteroatoms. The molecule has 1 atom stereocenters. The van der Waals surface area contributed by atoms with E-state index >= 15 is 4.39 Å². The van der Waals surface area contributed by atoms with Crippen LogP contribution in [0.15, 0.2) is 65.9 Å². The van der Waals surface area contributed by atoms with Crippen LogP contribution >= 0.6 is 0 Å². The molecule has 8 nitrogen and oxygen atoms in total. The maximum absolute atomic E-state index is 15.0. The quantitative estimate of drug-likeness (QED) is 0.447. The number of nitrogens with zero attached hydrogens (tertiary/aromatic N) is 5. The van der Waals surface area contributed by atoms with E-state index in [1.54, 1.807) is 29.4 Å². The molecule has 0 bridgehead atoms. The topological polar surface area (TPSA) is 82.3 Å². The number of carbonyl (C=O) groups is 2. The van der Waals surface area contributed by atoms with Gasteiger partial charge in [0.05, 0.1) is 22.5 Å². The molecule has 4 heterocycles. The Morgan fingerprint density at radius 3 is 2.78 bits per heavy atom. The number of hydrogen-bond donors (Lipinski definition) is 1. The van der Waals surface area contributed by atoms with Crippen LogP contribution in [0.3, 0.4) is 0 Å². The molecule has 0 radical (unpaired) electrons. The Labute approximate surface area is 213 Å². The van der Waals surface area contributed by atoms with E-state index < -0.39 is 5.82 Å². The summed E-state index contributed by atoms with van der Waals surface area (Å²) in [6.07, 6.45) is 6.01. The van der Waals surface area contributed by atoms with E-state index in [2.05, 4.69) is 20.2 Å². The Morgan fingerprint density at radius 1 is 1.14 bits per heavy atom. The number of hydrogen-bond acceptors (Lipinski definition) is 5. The molecule has 0 aliphatic carbocycles. The minimum absolute atomic E-state index is 0.0740. The summed E-state index contributed by atoms with van der Waals surface area (Å²) < 4.78 is 17.0. The lowest BCUT2D eigenvalue weighted by Crippen LogP contribution is -2.34. The zero-order valence-corrected chi connectivity index (χ0v) is 20.5. The van der Waals surface area contributed by atoms with Crippen molar-refractivity contribution in [1.82, 2.24) is 19.2 Å². The van der Waals surface area contributed by atoms with Crippen LogP contribution in [0.4, 0.5) is 15.8 Å². The first kappa shape index (κ1) is 23.1. The summed E-state index contributed by atoms with van der Waals surface area (Å²) in [7, 11) is 3.98. The molecular weight excluding hydrogens is 471 g/mol. The number of carbonyl (C=O) groups excluding carboxylic acids is 2. The van der Waals surface area contributed by atoms with Gasteiger partial charge in [-0.1, -0.05) is 6.07 Å². The molecule has 1 fully saturated rings. The van der Waals surface area contributed by atoms with E-state index in [1.807, 2.05) is 49.0 Å². The van der Waals surface area contributed by atoms with Crippen LogP contribution in [0.1, 0.15) is 32.7 Å². The molecular formula is C28H25FN6O2. The highest BCUT2D eigenvalue weighted by molar-refractivity contribution is 6.13. The molecule has 2 aromatic carbocycles. The summed E-state index contributed by atoms with van der Waals surface area (Å²) in [5.41, 5.74) is 5.14. The van der Waals surface area contributed by atoms with Crippen molar-refractivity contribution in [3.63, 3.8) is 0 Å². The predicted octanol–water partition coefficient (Wildman–Crippen LogP) is 4.23. The van der Waals surface area contributed by atoms with Crippen molar-refractivity contribution in [2.24, 2.45) is 4.99 Å². The number of amides is 2. The first-order valence-corrected chi connectivity index (χ1v) is 12.1. The average Bonchev–Trinajstić information content (AvgIpc) is 3.64. The molecule has 2 amide bonds. The van der Waals surface area contributed by atoms with Crippen LogP contribution < -0.4 is 5.32 Å². The fourth-order valence-electron chi connectivity index (χ4n) is 5.01. The van der Waals surface area contributed by atoms with E-state index in [1.165, 1.54) is 12.1 Å². The third kappa shape index (κ3) is 4.07. The van der Waals surface area contributed by atoms with E-state index in [0.717, 1.165) is 23.2 Å². The second-order valence-electron chi connectivity index (χ2n) is 9.60. The maximum atomic E-state index is 15.0. The maximum Gasteiger partial charge on any atom is 0.277 e. The molecule has 0 saturated carbocycles. The highest BCUT2D eigenvalue weighted by Gasteiger charge is 2.29. The van der Waals surface area contributed by atoms with E-state index in [-0.39, 0.29) is 17.4 Å². The number of benzene rings is 2. The zero-order chi connectivity index (χ0) is 25.7. The van der Waals surface area contributed by atoms with Crippen molar-refractivity contribution in [3.8, 4) is 11.3 Å². The van der Waals surface area contributed by atoms with E-state index in [9.17, 15) is 9.59 Å². The van der Waals surface area contributed by atoms with Crippen LogP contribution in [-0.4, -0.2) is 70.4 Å². The summed E-state index contributed by atoms with van der Waals surface area (Å²) in [6, 6.07) is 14.3. The Morgan fingerprint density at radius 2 is 2.00 bits per heavy atom. The molecule has 0 spiro atoms. The van der Waals surface area contributed by atoms with Gasteiger partial charge in [-0.15, -0.1) is 0 Å². The number of nitrogens with one attached hydrogen (secondary N) is 1. The Hall–Kier alpha value is -4.37. The standard InChI is InChI=1S/C28H25FN6O2/c1-33(2)20-9-11-34(16-20)28(37)22-6-4-19(14-23(22)29)32-24-7-8-25(35-12-10-30-26(24)35)17-3-5-21-18(13-17)15-31-27(21)36/h3-8,10,12-15,20,32H,9,11,16H2,1-2H3. The van der Waals surface area contributed by atoms with Crippen molar-refractivity contribution < 1.29 is 14.0 Å². The highest BCUT2D eigenvalue weighted by Crippen LogP contribution is 2.30. The van der Waals surface area contributed by atoms with Crippen molar-refractivity contribution in [2.75, 3.05) is 32.5 Å². The molecule has 186 valence electrons. The Balaban J connectivity index is 1.25. The fourth-order valence-corrected chi connectivity index (χ4v) is 5.01. The summed E-state index contributed by atoms with van der Waals surface area (Å²) in [5, 5.41) is 3.24.